The van der Waals surface area contributed by atoms with E-state index < -0.39 is 0 Å². The quantitative estimate of drug-likeness (QED) is 0.732. The average Bonchev–Trinajstić information content (AvgIpc) is 2.35. The summed E-state index contributed by atoms with van der Waals surface area (Å²) < 4.78 is 0. The average molecular weight is 257 g/mol. The standard InChI is InChI=1S/C11H19N3O2S/c1-9-11(16)12-8-10(15)14(9)3-2-13-4-6-17-7-5-13/h9H,2-8H2,1H3,(H,12,16). The Balaban J connectivity index is 1.83. The van der Waals surface area contributed by atoms with E-state index in [9.17, 15) is 9.59 Å². The summed E-state index contributed by atoms with van der Waals surface area (Å²) in [7, 11) is 0. The topological polar surface area (TPSA) is 52.7 Å². The van der Waals surface area contributed by atoms with Gasteiger partial charge in [-0.25, -0.2) is 0 Å². The van der Waals surface area contributed by atoms with Crippen molar-refractivity contribution < 1.29 is 9.59 Å². The first-order valence-corrected chi connectivity index (χ1v) is 7.21. The van der Waals surface area contributed by atoms with E-state index >= 15 is 0 Å². The molecule has 2 aliphatic heterocycles. The van der Waals surface area contributed by atoms with Gasteiger partial charge < -0.3 is 10.2 Å². The van der Waals surface area contributed by atoms with E-state index in [1.54, 1.807) is 11.8 Å². The summed E-state index contributed by atoms with van der Waals surface area (Å²) in [6, 6.07) is -0.324. The van der Waals surface area contributed by atoms with Crippen molar-refractivity contribution in [3.63, 3.8) is 0 Å². The molecule has 0 saturated carbocycles. The van der Waals surface area contributed by atoms with Crippen LogP contribution in [0.4, 0.5) is 0 Å². The largest absolute Gasteiger partial charge is 0.345 e. The maximum atomic E-state index is 11.7. The Morgan fingerprint density at radius 1 is 1.29 bits per heavy atom. The van der Waals surface area contributed by atoms with Crippen molar-refractivity contribution in [1.82, 2.24) is 15.1 Å². The number of hydrogen-bond donors (Lipinski definition) is 1. The highest BCUT2D eigenvalue weighted by Crippen LogP contribution is 2.10. The Morgan fingerprint density at radius 2 is 2.00 bits per heavy atom. The molecular formula is C11H19N3O2S. The molecule has 2 aliphatic rings. The monoisotopic (exact) mass is 257 g/mol. The lowest BCUT2D eigenvalue weighted by atomic mass is 10.2. The molecule has 0 aromatic carbocycles. The van der Waals surface area contributed by atoms with Crippen LogP contribution in [0.2, 0.25) is 0 Å². The van der Waals surface area contributed by atoms with E-state index in [1.165, 1.54) is 11.5 Å². The van der Waals surface area contributed by atoms with Crippen molar-refractivity contribution >= 4 is 23.6 Å². The third-order valence-corrected chi connectivity index (χ3v) is 4.28. The van der Waals surface area contributed by atoms with Crippen molar-refractivity contribution in [2.75, 3.05) is 44.2 Å². The number of rotatable bonds is 3. The molecule has 6 heteroatoms. The summed E-state index contributed by atoms with van der Waals surface area (Å²) in [5, 5.41) is 2.60. The van der Waals surface area contributed by atoms with Crippen LogP contribution in [0, 0.1) is 0 Å². The fourth-order valence-electron chi connectivity index (χ4n) is 2.16. The minimum Gasteiger partial charge on any atom is -0.345 e. The Hall–Kier alpha value is -0.750. The second-order valence-electron chi connectivity index (χ2n) is 4.43. The van der Waals surface area contributed by atoms with Crippen LogP contribution in [0.25, 0.3) is 0 Å². The van der Waals surface area contributed by atoms with Gasteiger partial charge >= 0.3 is 0 Å². The number of piperazine rings is 1. The number of thioether (sulfide) groups is 1. The van der Waals surface area contributed by atoms with Gasteiger partial charge in [0.15, 0.2) is 0 Å². The first-order chi connectivity index (χ1) is 8.18. The zero-order valence-corrected chi connectivity index (χ0v) is 11.0. The molecule has 1 unspecified atom stereocenters. The number of nitrogens with zero attached hydrogens (tertiary/aromatic N) is 2. The van der Waals surface area contributed by atoms with Crippen LogP contribution in [0.5, 0.6) is 0 Å². The first-order valence-electron chi connectivity index (χ1n) is 6.06. The summed E-state index contributed by atoms with van der Waals surface area (Å²) in [5.41, 5.74) is 0. The molecule has 1 atom stereocenters. The Kier molecular flexibility index (Phi) is 4.28. The van der Waals surface area contributed by atoms with Gasteiger partial charge in [-0.05, 0) is 6.92 Å². The third-order valence-electron chi connectivity index (χ3n) is 3.34. The van der Waals surface area contributed by atoms with Gasteiger partial charge in [-0.15, -0.1) is 0 Å². The van der Waals surface area contributed by atoms with E-state index in [0.717, 1.165) is 19.6 Å². The van der Waals surface area contributed by atoms with Crippen LogP contribution in [0.3, 0.4) is 0 Å². The van der Waals surface area contributed by atoms with Gasteiger partial charge in [-0.2, -0.15) is 11.8 Å². The molecule has 0 spiro atoms. The van der Waals surface area contributed by atoms with Crippen molar-refractivity contribution in [1.29, 1.82) is 0 Å². The van der Waals surface area contributed by atoms with E-state index in [1.807, 2.05) is 11.8 Å². The highest BCUT2D eigenvalue weighted by atomic mass is 32.2. The highest BCUT2D eigenvalue weighted by Gasteiger charge is 2.30. The maximum absolute atomic E-state index is 11.7. The molecule has 0 aromatic rings. The molecule has 0 aliphatic carbocycles. The van der Waals surface area contributed by atoms with E-state index in [4.69, 9.17) is 0 Å². The molecule has 2 heterocycles. The summed E-state index contributed by atoms with van der Waals surface area (Å²) in [4.78, 5) is 27.2. The fourth-order valence-corrected chi connectivity index (χ4v) is 3.14. The van der Waals surface area contributed by atoms with Gasteiger partial charge in [0.1, 0.15) is 6.04 Å². The van der Waals surface area contributed by atoms with E-state index in [-0.39, 0.29) is 24.4 Å². The van der Waals surface area contributed by atoms with Crippen LogP contribution in [0.15, 0.2) is 0 Å². The Labute approximate surface area is 106 Å². The molecule has 96 valence electrons. The Morgan fingerprint density at radius 3 is 2.71 bits per heavy atom. The summed E-state index contributed by atoms with van der Waals surface area (Å²) >= 11 is 1.98. The van der Waals surface area contributed by atoms with Crippen molar-refractivity contribution in [3.05, 3.63) is 0 Å². The second-order valence-corrected chi connectivity index (χ2v) is 5.66. The van der Waals surface area contributed by atoms with Crippen LogP contribution in [-0.4, -0.2) is 71.9 Å². The normalized spacial score (nSPS) is 27.1. The molecule has 2 fully saturated rings. The lowest BCUT2D eigenvalue weighted by Crippen LogP contribution is -2.58. The molecular weight excluding hydrogens is 238 g/mol. The van der Waals surface area contributed by atoms with Crippen molar-refractivity contribution in [3.8, 4) is 0 Å². The molecule has 2 rings (SSSR count). The number of carbonyl (C=O) groups excluding carboxylic acids is 2. The molecule has 0 radical (unpaired) electrons. The summed E-state index contributed by atoms with van der Waals surface area (Å²) in [6.45, 7) is 5.67. The highest BCUT2D eigenvalue weighted by molar-refractivity contribution is 7.99. The molecule has 2 amide bonds. The van der Waals surface area contributed by atoms with E-state index in [2.05, 4.69) is 10.2 Å². The molecule has 17 heavy (non-hydrogen) atoms. The van der Waals surface area contributed by atoms with Crippen LogP contribution in [-0.2, 0) is 9.59 Å². The molecule has 5 nitrogen and oxygen atoms in total. The van der Waals surface area contributed by atoms with Gasteiger partial charge in [0.2, 0.25) is 11.8 Å². The van der Waals surface area contributed by atoms with E-state index in [0.29, 0.717) is 6.54 Å². The number of carbonyl (C=O) groups is 2. The Bertz CT molecular complexity index is 305. The van der Waals surface area contributed by atoms with Crippen molar-refractivity contribution in [2.24, 2.45) is 0 Å². The molecule has 2 saturated heterocycles. The number of amides is 2. The van der Waals surface area contributed by atoms with Gasteiger partial charge in [-0.1, -0.05) is 0 Å². The van der Waals surface area contributed by atoms with Crippen molar-refractivity contribution in [2.45, 2.75) is 13.0 Å². The number of nitrogens with one attached hydrogen (secondary N) is 1. The first kappa shape index (κ1) is 12.7. The minimum absolute atomic E-state index is 0.0310. The third kappa shape index (κ3) is 3.13. The lowest BCUT2D eigenvalue weighted by molar-refractivity contribution is -0.145. The fraction of sp³-hybridized carbons (Fsp3) is 0.818. The van der Waals surface area contributed by atoms with Gasteiger partial charge in [0, 0.05) is 37.7 Å². The zero-order chi connectivity index (χ0) is 12.3. The summed E-state index contributed by atoms with van der Waals surface area (Å²) in [5.74, 6) is 2.33. The lowest BCUT2D eigenvalue weighted by Gasteiger charge is -2.35. The van der Waals surface area contributed by atoms with Gasteiger partial charge in [0.05, 0.1) is 6.54 Å². The van der Waals surface area contributed by atoms with Gasteiger partial charge in [-0.3, -0.25) is 14.5 Å². The molecule has 1 N–H and O–H groups in total. The smallest absolute Gasteiger partial charge is 0.242 e. The zero-order valence-electron chi connectivity index (χ0n) is 10.1. The maximum Gasteiger partial charge on any atom is 0.242 e. The SMILES string of the molecule is CC1C(=O)NCC(=O)N1CCN1CCSCC1. The van der Waals surface area contributed by atoms with Crippen LogP contribution < -0.4 is 5.32 Å². The van der Waals surface area contributed by atoms with Crippen LogP contribution >= 0.6 is 11.8 Å². The molecule has 0 aromatic heterocycles. The van der Waals surface area contributed by atoms with Crippen LogP contribution in [0.1, 0.15) is 6.92 Å². The minimum atomic E-state index is -0.324. The predicted molar refractivity (Wildman–Crippen MR) is 67.9 cm³/mol. The predicted octanol–water partition coefficient (Wildman–Crippen LogP) is -0.618. The molecule has 0 bridgehead atoms. The van der Waals surface area contributed by atoms with Gasteiger partial charge in [0.25, 0.3) is 0 Å². The summed E-state index contributed by atoms with van der Waals surface area (Å²) in [6.07, 6.45) is 0. The number of hydrogen-bond acceptors (Lipinski definition) is 4. The second kappa shape index (κ2) is 5.73.